The first-order valence-corrected chi connectivity index (χ1v) is 12.3. The topological polar surface area (TPSA) is 77.2 Å². The minimum absolute atomic E-state index is 0.0133. The summed E-state index contributed by atoms with van der Waals surface area (Å²) in [6.45, 7) is 11.3. The highest BCUT2D eigenvalue weighted by Crippen LogP contribution is 2.34. The van der Waals surface area contributed by atoms with Crippen LogP contribution < -0.4 is 0 Å². The molecular formula is C29H30ClN3O3. The molecule has 1 unspecified atom stereocenters. The molecule has 6 nitrogen and oxygen atoms in total. The molecular weight excluding hydrogens is 474 g/mol. The average molecular weight is 504 g/mol. The Balaban J connectivity index is 1.79. The summed E-state index contributed by atoms with van der Waals surface area (Å²) in [7, 11) is 0. The third-order valence-electron chi connectivity index (χ3n) is 6.29. The van der Waals surface area contributed by atoms with Crippen LogP contribution >= 0.6 is 11.6 Å². The molecule has 1 aromatic heterocycles. The minimum atomic E-state index is -0.424. The van der Waals surface area contributed by atoms with Gasteiger partial charge in [0.05, 0.1) is 12.3 Å². The number of nitrogens with zero attached hydrogens (tertiary/aromatic N) is 3. The Kier molecular flexibility index (Phi) is 7.29. The molecule has 36 heavy (non-hydrogen) atoms. The van der Waals surface area contributed by atoms with Crippen LogP contribution in [0.2, 0.25) is 5.02 Å². The van der Waals surface area contributed by atoms with Crippen LogP contribution in [0.25, 0.3) is 27.8 Å². The van der Waals surface area contributed by atoms with Crippen molar-refractivity contribution in [3.8, 4) is 16.8 Å². The van der Waals surface area contributed by atoms with Crippen molar-refractivity contribution in [1.29, 1.82) is 0 Å². The first-order valence-electron chi connectivity index (χ1n) is 11.9. The Morgan fingerprint density at radius 3 is 2.42 bits per heavy atom. The number of hydrogen-bond acceptors (Lipinski definition) is 5. The van der Waals surface area contributed by atoms with Crippen LogP contribution in [0.5, 0.6) is 0 Å². The second-order valence-electron chi connectivity index (χ2n) is 9.60. The second-order valence-corrected chi connectivity index (χ2v) is 10.0. The van der Waals surface area contributed by atoms with Gasteiger partial charge in [-0.15, -0.1) is 15.0 Å². The van der Waals surface area contributed by atoms with Crippen LogP contribution in [0.1, 0.15) is 51.3 Å². The Hall–Kier alpha value is -3.48. The molecule has 1 heterocycles. The van der Waals surface area contributed by atoms with E-state index in [0.717, 1.165) is 33.5 Å². The van der Waals surface area contributed by atoms with E-state index in [1.807, 2.05) is 63.2 Å². The van der Waals surface area contributed by atoms with Gasteiger partial charge < -0.3 is 9.84 Å². The second kappa shape index (κ2) is 10.2. The highest BCUT2D eigenvalue weighted by Gasteiger charge is 2.22. The quantitative estimate of drug-likeness (QED) is 0.217. The van der Waals surface area contributed by atoms with Crippen LogP contribution in [0, 0.1) is 0 Å². The van der Waals surface area contributed by atoms with E-state index >= 15 is 0 Å². The fourth-order valence-electron chi connectivity index (χ4n) is 3.94. The fraction of sp³-hybridized carbons (Fsp3) is 0.276. The number of fused-ring (bicyclic) bond motifs is 1. The van der Waals surface area contributed by atoms with Gasteiger partial charge in [-0.1, -0.05) is 69.3 Å². The van der Waals surface area contributed by atoms with Crippen molar-refractivity contribution in [1.82, 2.24) is 15.0 Å². The maximum absolute atomic E-state index is 12.1. The van der Waals surface area contributed by atoms with Crippen LogP contribution in [-0.2, 0) is 14.9 Å². The number of halogens is 1. The van der Waals surface area contributed by atoms with Crippen molar-refractivity contribution in [2.45, 2.75) is 45.6 Å². The van der Waals surface area contributed by atoms with Crippen LogP contribution in [0.3, 0.4) is 0 Å². The van der Waals surface area contributed by atoms with Gasteiger partial charge in [0.1, 0.15) is 17.1 Å². The molecule has 0 saturated heterocycles. The number of aliphatic hydroxyl groups is 1. The molecule has 4 rings (SSSR count). The number of esters is 1. The molecule has 0 fully saturated rings. The standard InChI is InChI=1S/C29H30ClN3O3/c1-6-27(36-28(35)18(2)3)20-9-7-19(8-10-20)23-15-21(29(4,5)17-34)11-14-26(23)33-31-24-13-12-22(30)16-25(24)32-33/h7-16,27,34H,2,6,17H2,1,3-5H3. The Bertz CT molecular complexity index is 1420. The average Bonchev–Trinajstić information content (AvgIpc) is 3.29. The van der Waals surface area contributed by atoms with Crippen molar-refractivity contribution in [3.05, 3.63) is 89.0 Å². The number of benzene rings is 3. The highest BCUT2D eigenvalue weighted by atomic mass is 35.5. The van der Waals surface area contributed by atoms with Gasteiger partial charge in [0.15, 0.2) is 0 Å². The zero-order valence-electron chi connectivity index (χ0n) is 21.0. The summed E-state index contributed by atoms with van der Waals surface area (Å²) in [4.78, 5) is 13.7. The van der Waals surface area contributed by atoms with Crippen molar-refractivity contribution in [2.24, 2.45) is 0 Å². The van der Waals surface area contributed by atoms with Gasteiger partial charge in [-0.25, -0.2) is 4.79 Å². The lowest BCUT2D eigenvalue weighted by atomic mass is 9.83. The van der Waals surface area contributed by atoms with Crippen molar-refractivity contribution < 1.29 is 14.6 Å². The van der Waals surface area contributed by atoms with Crippen molar-refractivity contribution in [2.75, 3.05) is 6.61 Å². The molecule has 7 heteroatoms. The highest BCUT2D eigenvalue weighted by molar-refractivity contribution is 6.31. The van der Waals surface area contributed by atoms with Crippen LogP contribution in [0.15, 0.2) is 72.8 Å². The molecule has 4 aromatic rings. The number of carbonyl (C=O) groups excluding carboxylic acids is 1. The summed E-state index contributed by atoms with van der Waals surface area (Å²) in [5, 5.41) is 19.9. The molecule has 0 aliphatic carbocycles. The lowest BCUT2D eigenvalue weighted by Crippen LogP contribution is -2.22. The van der Waals surface area contributed by atoms with E-state index in [1.165, 1.54) is 0 Å². The molecule has 3 aromatic carbocycles. The van der Waals surface area contributed by atoms with Gasteiger partial charge in [0.2, 0.25) is 0 Å². The van der Waals surface area contributed by atoms with Crippen LogP contribution in [0.4, 0.5) is 0 Å². The predicted octanol–water partition coefficient (Wildman–Crippen LogP) is 6.58. The predicted molar refractivity (Wildman–Crippen MR) is 143 cm³/mol. The smallest absolute Gasteiger partial charge is 0.333 e. The Labute approximate surface area is 216 Å². The lowest BCUT2D eigenvalue weighted by molar-refractivity contribution is -0.144. The van der Waals surface area contributed by atoms with E-state index in [1.54, 1.807) is 23.9 Å². The molecule has 1 atom stereocenters. The first kappa shape index (κ1) is 25.6. The van der Waals surface area contributed by atoms with Gasteiger partial charge in [0, 0.05) is 21.6 Å². The monoisotopic (exact) mass is 503 g/mol. The normalized spacial score (nSPS) is 12.5. The summed E-state index contributed by atoms with van der Waals surface area (Å²) in [5.74, 6) is -0.399. The molecule has 1 N–H and O–H groups in total. The number of ether oxygens (including phenoxy) is 1. The van der Waals surface area contributed by atoms with Crippen molar-refractivity contribution >= 4 is 28.6 Å². The van der Waals surface area contributed by atoms with Gasteiger partial charge in [-0.05, 0) is 60.4 Å². The van der Waals surface area contributed by atoms with E-state index in [9.17, 15) is 9.90 Å². The Morgan fingerprint density at radius 1 is 1.08 bits per heavy atom. The first-order chi connectivity index (χ1) is 17.1. The van der Waals surface area contributed by atoms with Gasteiger partial charge >= 0.3 is 5.97 Å². The molecule has 0 aliphatic heterocycles. The van der Waals surface area contributed by atoms with E-state index in [2.05, 4.69) is 22.8 Å². The number of rotatable bonds is 8. The number of carbonyl (C=O) groups is 1. The minimum Gasteiger partial charge on any atom is -0.454 e. The maximum atomic E-state index is 12.1. The van der Waals surface area contributed by atoms with E-state index in [4.69, 9.17) is 16.3 Å². The van der Waals surface area contributed by atoms with Crippen molar-refractivity contribution in [3.63, 3.8) is 0 Å². The largest absolute Gasteiger partial charge is 0.454 e. The molecule has 0 radical (unpaired) electrons. The molecule has 0 bridgehead atoms. The van der Waals surface area contributed by atoms with E-state index in [-0.39, 0.29) is 12.7 Å². The molecule has 0 spiro atoms. The summed E-state index contributed by atoms with van der Waals surface area (Å²) in [5.41, 5.74) is 5.96. The number of aromatic nitrogens is 3. The maximum Gasteiger partial charge on any atom is 0.333 e. The van der Waals surface area contributed by atoms with E-state index < -0.39 is 11.4 Å². The third-order valence-corrected chi connectivity index (χ3v) is 6.53. The third kappa shape index (κ3) is 5.20. The zero-order chi connectivity index (χ0) is 26.0. The summed E-state index contributed by atoms with van der Waals surface area (Å²) in [6, 6.07) is 19.4. The fourth-order valence-corrected chi connectivity index (χ4v) is 4.11. The number of hydrogen-bond donors (Lipinski definition) is 1. The van der Waals surface area contributed by atoms with Gasteiger partial charge in [-0.2, -0.15) is 0 Å². The number of aliphatic hydroxyl groups excluding tert-OH is 1. The molecule has 0 saturated carbocycles. The molecule has 0 aliphatic rings. The summed E-state index contributed by atoms with van der Waals surface area (Å²) < 4.78 is 5.61. The summed E-state index contributed by atoms with van der Waals surface area (Å²) >= 11 is 6.15. The van der Waals surface area contributed by atoms with Gasteiger partial charge in [0.25, 0.3) is 0 Å². The Morgan fingerprint density at radius 2 is 1.78 bits per heavy atom. The molecule has 0 amide bonds. The lowest BCUT2D eigenvalue weighted by Gasteiger charge is -2.24. The SMILES string of the molecule is C=C(C)C(=O)OC(CC)c1ccc(-c2cc(C(C)(C)CO)ccc2-n2nc3ccc(Cl)cc3n2)cc1. The summed E-state index contributed by atoms with van der Waals surface area (Å²) in [6.07, 6.45) is 0.293. The molecule has 186 valence electrons. The zero-order valence-corrected chi connectivity index (χ0v) is 21.7. The van der Waals surface area contributed by atoms with Crippen LogP contribution in [-0.4, -0.2) is 32.7 Å². The van der Waals surface area contributed by atoms with E-state index in [0.29, 0.717) is 22.5 Å². The van der Waals surface area contributed by atoms with Gasteiger partial charge in [-0.3, -0.25) is 0 Å².